The van der Waals surface area contributed by atoms with Crippen molar-refractivity contribution in [3.8, 4) is 10.6 Å². The molecule has 0 aromatic carbocycles. The first kappa shape index (κ1) is 17.1. The molecule has 1 saturated heterocycles. The number of anilines is 1. The summed E-state index contributed by atoms with van der Waals surface area (Å²) < 4.78 is 6.83. The molecule has 3 aromatic rings. The number of thiophene rings is 1. The van der Waals surface area contributed by atoms with Gasteiger partial charge in [-0.05, 0) is 11.4 Å². The van der Waals surface area contributed by atoms with E-state index in [4.69, 9.17) is 4.74 Å². The largest absolute Gasteiger partial charge is 0.383 e. The minimum absolute atomic E-state index is 0.151. The molecule has 0 atom stereocenters. The van der Waals surface area contributed by atoms with Gasteiger partial charge in [-0.25, -0.2) is 9.97 Å². The van der Waals surface area contributed by atoms with Crippen LogP contribution in [0, 0.1) is 0 Å². The monoisotopic (exact) mass is 372 g/mol. The standard InChI is InChI=1S/C17H20N6O2S/c1-25-9-8-23-15-12(20-14(16(23)24)13-3-2-10-26-13)11-19-17(21-15)22-6-4-18-5-7-22/h2-3,10-11,18H,4-9H2,1H3. The Labute approximate surface area is 154 Å². The second-order valence-corrected chi connectivity index (χ2v) is 6.95. The van der Waals surface area contributed by atoms with E-state index in [1.54, 1.807) is 17.9 Å². The van der Waals surface area contributed by atoms with Crippen LogP contribution >= 0.6 is 11.3 Å². The number of rotatable bonds is 5. The third kappa shape index (κ3) is 3.20. The van der Waals surface area contributed by atoms with Crippen LogP contribution in [0.5, 0.6) is 0 Å². The molecule has 0 radical (unpaired) electrons. The van der Waals surface area contributed by atoms with E-state index in [0.717, 1.165) is 31.1 Å². The number of hydrogen-bond acceptors (Lipinski definition) is 8. The van der Waals surface area contributed by atoms with Crippen LogP contribution in [0.2, 0.25) is 0 Å². The van der Waals surface area contributed by atoms with Gasteiger partial charge in [-0.3, -0.25) is 9.36 Å². The summed E-state index contributed by atoms with van der Waals surface area (Å²) in [7, 11) is 1.62. The molecular weight excluding hydrogens is 352 g/mol. The van der Waals surface area contributed by atoms with Crippen molar-refractivity contribution < 1.29 is 4.74 Å². The highest BCUT2D eigenvalue weighted by atomic mass is 32.1. The Balaban J connectivity index is 1.86. The number of nitrogens with one attached hydrogen (secondary N) is 1. The fourth-order valence-corrected chi connectivity index (χ4v) is 3.71. The lowest BCUT2D eigenvalue weighted by atomic mass is 10.3. The van der Waals surface area contributed by atoms with Crippen LogP contribution < -0.4 is 15.8 Å². The molecule has 0 bridgehead atoms. The summed E-state index contributed by atoms with van der Waals surface area (Å²) in [6, 6.07) is 3.81. The van der Waals surface area contributed by atoms with E-state index in [2.05, 4.69) is 25.2 Å². The first-order valence-corrected chi connectivity index (χ1v) is 9.42. The third-order valence-electron chi connectivity index (χ3n) is 4.35. The van der Waals surface area contributed by atoms with Gasteiger partial charge in [0, 0.05) is 33.3 Å². The molecule has 3 aromatic heterocycles. The number of fused-ring (bicyclic) bond motifs is 1. The smallest absolute Gasteiger partial charge is 0.279 e. The summed E-state index contributed by atoms with van der Waals surface area (Å²) in [6.07, 6.45) is 1.71. The molecule has 1 aliphatic rings. The number of piperazine rings is 1. The molecule has 0 aliphatic carbocycles. The summed E-state index contributed by atoms with van der Waals surface area (Å²) in [5, 5.41) is 5.25. The summed E-state index contributed by atoms with van der Waals surface area (Å²) in [5.41, 5.74) is 1.45. The van der Waals surface area contributed by atoms with Crippen molar-refractivity contribution >= 4 is 28.4 Å². The molecule has 0 amide bonds. The van der Waals surface area contributed by atoms with Crippen LogP contribution in [0.3, 0.4) is 0 Å². The number of nitrogens with zero attached hydrogens (tertiary/aromatic N) is 5. The first-order chi connectivity index (χ1) is 12.8. The summed E-state index contributed by atoms with van der Waals surface area (Å²) in [5.74, 6) is 0.634. The molecule has 0 saturated carbocycles. The van der Waals surface area contributed by atoms with Gasteiger partial charge in [0.1, 0.15) is 11.2 Å². The quantitative estimate of drug-likeness (QED) is 0.714. The third-order valence-corrected chi connectivity index (χ3v) is 5.22. The van der Waals surface area contributed by atoms with Crippen LogP contribution in [0.25, 0.3) is 21.7 Å². The highest BCUT2D eigenvalue weighted by molar-refractivity contribution is 7.13. The van der Waals surface area contributed by atoms with E-state index in [9.17, 15) is 4.79 Å². The molecule has 4 rings (SSSR count). The maximum atomic E-state index is 13.0. The molecule has 9 heteroatoms. The predicted octanol–water partition coefficient (Wildman–Crippen LogP) is 0.971. The zero-order valence-electron chi connectivity index (χ0n) is 14.5. The lowest BCUT2D eigenvalue weighted by Gasteiger charge is -2.27. The van der Waals surface area contributed by atoms with E-state index >= 15 is 0 Å². The molecular formula is C17H20N6O2S. The van der Waals surface area contributed by atoms with Crippen LogP contribution in [0.15, 0.2) is 28.5 Å². The van der Waals surface area contributed by atoms with Gasteiger partial charge >= 0.3 is 0 Å². The van der Waals surface area contributed by atoms with E-state index in [1.807, 2.05) is 17.5 Å². The Hall–Kier alpha value is -2.36. The van der Waals surface area contributed by atoms with Gasteiger partial charge in [-0.1, -0.05) is 6.07 Å². The van der Waals surface area contributed by atoms with Gasteiger partial charge in [0.15, 0.2) is 5.65 Å². The van der Waals surface area contributed by atoms with Gasteiger partial charge in [0.2, 0.25) is 5.95 Å². The SMILES string of the molecule is COCCn1c(=O)c(-c2cccs2)nc2cnc(N3CCNCC3)nc21. The van der Waals surface area contributed by atoms with Crippen LogP contribution in [0.1, 0.15) is 0 Å². The number of methoxy groups -OCH3 is 1. The molecule has 1 N–H and O–H groups in total. The highest BCUT2D eigenvalue weighted by Crippen LogP contribution is 2.22. The molecule has 1 fully saturated rings. The normalized spacial score (nSPS) is 14.9. The van der Waals surface area contributed by atoms with Crippen molar-refractivity contribution in [3.05, 3.63) is 34.1 Å². The number of ether oxygens (including phenoxy) is 1. The second kappa shape index (κ2) is 7.48. The van der Waals surface area contributed by atoms with Crippen molar-refractivity contribution in [2.24, 2.45) is 0 Å². The summed E-state index contributed by atoms with van der Waals surface area (Å²) in [4.78, 5) is 29.7. The molecule has 8 nitrogen and oxygen atoms in total. The van der Waals surface area contributed by atoms with Crippen molar-refractivity contribution in [2.45, 2.75) is 6.54 Å². The van der Waals surface area contributed by atoms with Crippen LogP contribution in [0.4, 0.5) is 5.95 Å². The molecule has 1 aliphatic heterocycles. The van der Waals surface area contributed by atoms with Crippen molar-refractivity contribution in [1.29, 1.82) is 0 Å². The molecule has 4 heterocycles. The van der Waals surface area contributed by atoms with Gasteiger partial charge < -0.3 is 15.0 Å². The van der Waals surface area contributed by atoms with E-state index in [-0.39, 0.29) is 5.56 Å². The van der Waals surface area contributed by atoms with Gasteiger partial charge in [-0.2, -0.15) is 4.98 Å². The van der Waals surface area contributed by atoms with Gasteiger partial charge in [-0.15, -0.1) is 11.3 Å². The van der Waals surface area contributed by atoms with E-state index < -0.39 is 0 Å². The van der Waals surface area contributed by atoms with Crippen molar-refractivity contribution in [2.75, 3.05) is 44.8 Å². The van der Waals surface area contributed by atoms with Crippen molar-refractivity contribution in [3.63, 3.8) is 0 Å². The number of aromatic nitrogens is 4. The lowest BCUT2D eigenvalue weighted by molar-refractivity contribution is 0.187. The fraction of sp³-hybridized carbons (Fsp3) is 0.412. The average molecular weight is 372 g/mol. The fourth-order valence-electron chi connectivity index (χ4n) is 3.01. The number of hydrogen-bond donors (Lipinski definition) is 1. The Kier molecular flexibility index (Phi) is 4.91. The zero-order chi connectivity index (χ0) is 17.9. The Bertz CT molecular complexity index is 950. The van der Waals surface area contributed by atoms with Crippen LogP contribution in [-0.4, -0.2) is 59.4 Å². The predicted molar refractivity (Wildman–Crippen MR) is 102 cm³/mol. The summed E-state index contributed by atoms with van der Waals surface area (Å²) >= 11 is 1.49. The minimum atomic E-state index is -0.151. The maximum Gasteiger partial charge on any atom is 0.279 e. The van der Waals surface area contributed by atoms with Gasteiger partial charge in [0.05, 0.1) is 24.2 Å². The van der Waals surface area contributed by atoms with E-state index in [0.29, 0.717) is 36.0 Å². The Morgan fingerprint density at radius 3 is 2.88 bits per heavy atom. The van der Waals surface area contributed by atoms with Crippen LogP contribution in [-0.2, 0) is 11.3 Å². The Morgan fingerprint density at radius 1 is 1.31 bits per heavy atom. The molecule has 26 heavy (non-hydrogen) atoms. The zero-order valence-corrected chi connectivity index (χ0v) is 15.3. The molecule has 136 valence electrons. The average Bonchev–Trinajstić information content (AvgIpc) is 3.22. The molecule has 0 unspecified atom stereocenters. The second-order valence-electron chi connectivity index (χ2n) is 6.00. The maximum absolute atomic E-state index is 13.0. The van der Waals surface area contributed by atoms with Crippen molar-refractivity contribution in [1.82, 2.24) is 24.8 Å². The summed E-state index contributed by atoms with van der Waals surface area (Å²) in [6.45, 7) is 4.32. The Morgan fingerprint density at radius 2 is 2.15 bits per heavy atom. The lowest BCUT2D eigenvalue weighted by Crippen LogP contribution is -2.44. The van der Waals surface area contributed by atoms with E-state index in [1.165, 1.54) is 11.3 Å². The topological polar surface area (TPSA) is 85.2 Å². The van der Waals surface area contributed by atoms with Gasteiger partial charge in [0.25, 0.3) is 5.56 Å². The highest BCUT2D eigenvalue weighted by Gasteiger charge is 2.18. The molecule has 0 spiro atoms. The minimum Gasteiger partial charge on any atom is -0.383 e. The first-order valence-electron chi connectivity index (χ1n) is 8.54.